The molecule has 0 bridgehead atoms. The zero-order chi connectivity index (χ0) is 24.2. The minimum Gasteiger partial charge on any atom is -0.341 e. The Bertz CT molecular complexity index is 1430. The smallest absolute Gasteiger partial charge is 0.341 e. The van der Waals surface area contributed by atoms with Gasteiger partial charge in [-0.05, 0) is 29.8 Å². The Hall–Kier alpha value is -4.41. The second-order valence-electron chi connectivity index (χ2n) is 7.63. The largest absolute Gasteiger partial charge is 0.351 e. The molecule has 4 rings (SSSR count). The fraction of sp³-hybridized carbons (Fsp3) is 0.217. The molecule has 0 saturated carbocycles. The first-order valence-corrected chi connectivity index (χ1v) is 10.4. The lowest BCUT2D eigenvalue weighted by Gasteiger charge is -2.16. The van der Waals surface area contributed by atoms with Gasteiger partial charge in [-0.1, -0.05) is 35.5 Å². The highest BCUT2D eigenvalue weighted by Crippen LogP contribution is 2.12. The SMILES string of the molecule is CN(Cc1ccccc1)C(=O)CCc1nc(-c2nn(-c3ccc(F)cc3)c(=O)n(C)c2=O)no1. The fourth-order valence-corrected chi connectivity index (χ4v) is 3.27. The zero-order valence-electron chi connectivity index (χ0n) is 18.5. The van der Waals surface area contributed by atoms with Crippen LogP contribution in [0.4, 0.5) is 4.39 Å². The van der Waals surface area contributed by atoms with Crippen molar-refractivity contribution >= 4 is 5.91 Å². The van der Waals surface area contributed by atoms with E-state index in [0.717, 1.165) is 14.8 Å². The molecule has 11 heteroatoms. The summed E-state index contributed by atoms with van der Waals surface area (Å²) in [4.78, 5) is 43.4. The molecule has 2 aromatic heterocycles. The minimum atomic E-state index is -0.714. The number of hydrogen-bond acceptors (Lipinski definition) is 7. The molecular formula is C23H21FN6O4. The number of carbonyl (C=O) groups is 1. The van der Waals surface area contributed by atoms with Gasteiger partial charge < -0.3 is 9.42 Å². The third kappa shape index (κ3) is 4.82. The van der Waals surface area contributed by atoms with E-state index in [2.05, 4.69) is 15.2 Å². The summed E-state index contributed by atoms with van der Waals surface area (Å²) >= 11 is 0. The molecule has 10 nitrogen and oxygen atoms in total. The predicted molar refractivity (Wildman–Crippen MR) is 120 cm³/mol. The molecule has 2 aromatic carbocycles. The van der Waals surface area contributed by atoms with Gasteiger partial charge in [0, 0.05) is 33.5 Å². The standard InChI is InChI=1S/C23H21FN6O4/c1-28(14-15-6-4-3-5-7-15)19(31)13-12-18-25-21(27-34-18)20-22(32)29(2)23(33)30(26-20)17-10-8-16(24)9-11-17/h3-11H,12-14H2,1-2H3. The quantitative estimate of drug-likeness (QED) is 0.409. The predicted octanol–water partition coefficient (Wildman–Crippen LogP) is 1.71. The highest BCUT2D eigenvalue weighted by Gasteiger charge is 2.20. The van der Waals surface area contributed by atoms with Crippen molar-refractivity contribution in [2.45, 2.75) is 19.4 Å². The second-order valence-corrected chi connectivity index (χ2v) is 7.63. The second kappa shape index (κ2) is 9.61. The number of aromatic nitrogens is 5. The Balaban J connectivity index is 1.51. The molecule has 0 spiro atoms. The zero-order valence-corrected chi connectivity index (χ0v) is 18.5. The minimum absolute atomic E-state index is 0.109. The van der Waals surface area contributed by atoms with Gasteiger partial charge in [-0.15, -0.1) is 0 Å². The van der Waals surface area contributed by atoms with Crippen LogP contribution in [-0.4, -0.2) is 42.3 Å². The molecule has 0 N–H and O–H groups in total. The highest BCUT2D eigenvalue weighted by molar-refractivity contribution is 5.76. The maximum atomic E-state index is 13.3. The van der Waals surface area contributed by atoms with E-state index in [-0.39, 0.29) is 41.8 Å². The van der Waals surface area contributed by atoms with E-state index < -0.39 is 17.1 Å². The van der Waals surface area contributed by atoms with Crippen LogP contribution < -0.4 is 11.2 Å². The summed E-state index contributed by atoms with van der Waals surface area (Å²) in [5, 5.41) is 7.87. The number of rotatable bonds is 7. The first kappa shape index (κ1) is 22.8. The van der Waals surface area contributed by atoms with Crippen molar-refractivity contribution in [2.24, 2.45) is 7.05 Å². The normalized spacial score (nSPS) is 10.9. The van der Waals surface area contributed by atoms with E-state index in [9.17, 15) is 18.8 Å². The van der Waals surface area contributed by atoms with Crippen LogP contribution in [0, 0.1) is 5.82 Å². The molecule has 1 amide bonds. The molecule has 0 atom stereocenters. The molecule has 4 aromatic rings. The van der Waals surface area contributed by atoms with Crippen LogP contribution in [0.5, 0.6) is 0 Å². The number of hydrogen-bond donors (Lipinski definition) is 0. The van der Waals surface area contributed by atoms with Gasteiger partial charge in [0.25, 0.3) is 5.56 Å². The average molecular weight is 464 g/mol. The number of amides is 1. The summed E-state index contributed by atoms with van der Waals surface area (Å²) in [6.07, 6.45) is 0.300. The lowest BCUT2D eigenvalue weighted by molar-refractivity contribution is -0.130. The van der Waals surface area contributed by atoms with Gasteiger partial charge >= 0.3 is 5.69 Å². The molecule has 0 aliphatic carbocycles. The van der Waals surface area contributed by atoms with Crippen LogP contribution in [0.1, 0.15) is 17.9 Å². The van der Waals surface area contributed by atoms with E-state index in [0.29, 0.717) is 6.54 Å². The van der Waals surface area contributed by atoms with Gasteiger partial charge in [0.1, 0.15) is 5.82 Å². The Morgan fingerprint density at radius 1 is 1.09 bits per heavy atom. The summed E-state index contributed by atoms with van der Waals surface area (Å²) < 4.78 is 20.3. The van der Waals surface area contributed by atoms with Crippen molar-refractivity contribution in [1.29, 1.82) is 0 Å². The lowest BCUT2D eigenvalue weighted by Crippen LogP contribution is -2.40. The van der Waals surface area contributed by atoms with Crippen molar-refractivity contribution in [3.63, 3.8) is 0 Å². The maximum absolute atomic E-state index is 13.3. The Kier molecular flexibility index (Phi) is 6.44. The Morgan fingerprint density at radius 3 is 2.50 bits per heavy atom. The molecule has 0 aliphatic rings. The summed E-state index contributed by atoms with van der Waals surface area (Å²) in [5.41, 5.74) is -0.366. The number of halogens is 1. The average Bonchev–Trinajstić information content (AvgIpc) is 3.31. The summed E-state index contributed by atoms with van der Waals surface area (Å²) in [6.45, 7) is 0.472. The molecular weight excluding hydrogens is 443 g/mol. The molecule has 0 unspecified atom stereocenters. The number of carbonyl (C=O) groups excluding carboxylic acids is 1. The van der Waals surface area contributed by atoms with Gasteiger partial charge in [0.15, 0.2) is 5.69 Å². The van der Waals surface area contributed by atoms with Gasteiger partial charge in [-0.3, -0.25) is 14.2 Å². The van der Waals surface area contributed by atoms with Crippen LogP contribution in [0.15, 0.2) is 68.7 Å². The van der Waals surface area contributed by atoms with Crippen LogP contribution in [0.2, 0.25) is 0 Å². The van der Waals surface area contributed by atoms with Crippen LogP contribution in [0.3, 0.4) is 0 Å². The highest BCUT2D eigenvalue weighted by atomic mass is 19.1. The Labute approximate surface area is 192 Å². The topological polar surface area (TPSA) is 116 Å². The fourth-order valence-electron chi connectivity index (χ4n) is 3.27. The number of nitrogens with zero attached hydrogens (tertiary/aromatic N) is 6. The molecule has 174 valence electrons. The maximum Gasteiger partial charge on any atom is 0.351 e. The molecule has 0 saturated heterocycles. The summed E-state index contributed by atoms with van der Waals surface area (Å²) in [5.74, 6) is -0.549. The summed E-state index contributed by atoms with van der Waals surface area (Å²) in [6, 6.07) is 14.7. The molecule has 34 heavy (non-hydrogen) atoms. The van der Waals surface area contributed by atoms with Crippen molar-refractivity contribution in [3.8, 4) is 17.2 Å². The van der Waals surface area contributed by atoms with E-state index >= 15 is 0 Å². The summed E-state index contributed by atoms with van der Waals surface area (Å²) in [7, 11) is 3.00. The third-order valence-corrected chi connectivity index (χ3v) is 5.17. The van der Waals surface area contributed by atoms with Gasteiger partial charge in [-0.25, -0.2) is 9.18 Å². The van der Waals surface area contributed by atoms with E-state index in [1.165, 1.54) is 31.3 Å². The van der Waals surface area contributed by atoms with Crippen molar-refractivity contribution < 1.29 is 13.7 Å². The first-order valence-electron chi connectivity index (χ1n) is 10.4. The van der Waals surface area contributed by atoms with Gasteiger partial charge in [0.2, 0.25) is 17.6 Å². The first-order chi connectivity index (χ1) is 16.3. The van der Waals surface area contributed by atoms with Crippen molar-refractivity contribution in [3.05, 3.63) is 92.7 Å². The monoisotopic (exact) mass is 464 g/mol. The lowest BCUT2D eigenvalue weighted by atomic mass is 10.2. The molecule has 0 fully saturated rings. The molecule has 0 aliphatic heterocycles. The van der Waals surface area contributed by atoms with Crippen molar-refractivity contribution in [2.75, 3.05) is 7.05 Å². The van der Waals surface area contributed by atoms with Crippen LogP contribution in [0.25, 0.3) is 17.2 Å². The van der Waals surface area contributed by atoms with Gasteiger partial charge in [-0.2, -0.15) is 14.8 Å². The molecule has 2 heterocycles. The number of aryl methyl sites for hydroxylation is 1. The van der Waals surface area contributed by atoms with E-state index in [4.69, 9.17) is 4.52 Å². The molecule has 0 radical (unpaired) electrons. The van der Waals surface area contributed by atoms with Crippen LogP contribution >= 0.6 is 0 Å². The Morgan fingerprint density at radius 2 is 1.79 bits per heavy atom. The van der Waals surface area contributed by atoms with Crippen molar-refractivity contribution in [1.82, 2.24) is 29.4 Å². The number of benzene rings is 2. The van der Waals surface area contributed by atoms with Gasteiger partial charge in [0.05, 0.1) is 5.69 Å². The van der Waals surface area contributed by atoms with E-state index in [1.54, 1.807) is 11.9 Å². The third-order valence-electron chi connectivity index (χ3n) is 5.17. The van der Waals surface area contributed by atoms with Crippen LogP contribution in [-0.2, 0) is 24.8 Å². The van der Waals surface area contributed by atoms with E-state index in [1.807, 2.05) is 30.3 Å².